The summed E-state index contributed by atoms with van der Waals surface area (Å²) < 4.78 is 0. The van der Waals surface area contributed by atoms with E-state index < -0.39 is 0 Å². The Labute approximate surface area is 112 Å². The standard InChI is InChI=1S/C14H19N3O2/c1-2-15-7-8-16-14(19)11-3-5-12-10(9-11)4-6-13(18)17-12/h3,5,9,15H,2,4,6-8H2,1H3,(H,16,19)(H,17,18). The van der Waals surface area contributed by atoms with Crippen molar-refractivity contribution in [2.45, 2.75) is 19.8 Å². The quantitative estimate of drug-likeness (QED) is 0.690. The molecule has 0 spiro atoms. The maximum Gasteiger partial charge on any atom is 0.251 e. The van der Waals surface area contributed by atoms with Gasteiger partial charge in [0.15, 0.2) is 0 Å². The third-order valence-electron chi connectivity index (χ3n) is 3.10. The second-order valence-corrected chi connectivity index (χ2v) is 4.53. The molecule has 0 unspecified atom stereocenters. The van der Waals surface area contributed by atoms with Gasteiger partial charge in [0.1, 0.15) is 0 Å². The molecule has 0 aromatic heterocycles. The van der Waals surface area contributed by atoms with E-state index in [2.05, 4.69) is 16.0 Å². The predicted molar refractivity (Wildman–Crippen MR) is 74.3 cm³/mol. The van der Waals surface area contributed by atoms with Crippen LogP contribution in [0.15, 0.2) is 18.2 Å². The Morgan fingerprint density at radius 3 is 2.95 bits per heavy atom. The maximum atomic E-state index is 11.9. The average Bonchev–Trinajstić information content (AvgIpc) is 2.42. The second-order valence-electron chi connectivity index (χ2n) is 4.53. The summed E-state index contributed by atoms with van der Waals surface area (Å²) in [4.78, 5) is 23.2. The van der Waals surface area contributed by atoms with E-state index in [1.807, 2.05) is 13.0 Å². The van der Waals surface area contributed by atoms with Gasteiger partial charge in [0, 0.05) is 30.8 Å². The first-order valence-electron chi connectivity index (χ1n) is 6.62. The van der Waals surface area contributed by atoms with Crippen LogP contribution in [0, 0.1) is 0 Å². The van der Waals surface area contributed by atoms with E-state index in [0.717, 1.165) is 24.3 Å². The number of carbonyl (C=O) groups is 2. The fourth-order valence-corrected chi connectivity index (χ4v) is 2.07. The first-order valence-corrected chi connectivity index (χ1v) is 6.62. The highest BCUT2D eigenvalue weighted by atomic mass is 16.2. The van der Waals surface area contributed by atoms with Crippen LogP contribution in [0.1, 0.15) is 29.3 Å². The van der Waals surface area contributed by atoms with Crippen molar-refractivity contribution in [3.05, 3.63) is 29.3 Å². The minimum Gasteiger partial charge on any atom is -0.351 e. The van der Waals surface area contributed by atoms with E-state index in [1.54, 1.807) is 12.1 Å². The number of rotatable bonds is 5. The molecule has 0 saturated carbocycles. The molecule has 19 heavy (non-hydrogen) atoms. The van der Waals surface area contributed by atoms with E-state index in [9.17, 15) is 9.59 Å². The molecule has 0 saturated heterocycles. The molecule has 2 rings (SSSR count). The average molecular weight is 261 g/mol. The molecule has 1 aromatic rings. The molecule has 0 radical (unpaired) electrons. The van der Waals surface area contributed by atoms with Crippen molar-refractivity contribution in [2.24, 2.45) is 0 Å². The Kier molecular flexibility index (Phi) is 4.52. The van der Waals surface area contributed by atoms with Crippen LogP contribution in [-0.2, 0) is 11.2 Å². The van der Waals surface area contributed by atoms with Crippen molar-refractivity contribution >= 4 is 17.5 Å². The molecule has 3 N–H and O–H groups in total. The summed E-state index contributed by atoms with van der Waals surface area (Å²) in [5, 5.41) is 8.81. The van der Waals surface area contributed by atoms with Crippen molar-refractivity contribution in [3.63, 3.8) is 0 Å². The summed E-state index contributed by atoms with van der Waals surface area (Å²) in [7, 11) is 0. The summed E-state index contributed by atoms with van der Waals surface area (Å²) in [6.07, 6.45) is 1.18. The number of anilines is 1. The zero-order valence-corrected chi connectivity index (χ0v) is 11.1. The third-order valence-corrected chi connectivity index (χ3v) is 3.10. The SMILES string of the molecule is CCNCCNC(=O)c1ccc2c(c1)CCC(=O)N2. The zero-order chi connectivity index (χ0) is 13.7. The van der Waals surface area contributed by atoms with E-state index >= 15 is 0 Å². The predicted octanol–water partition coefficient (Wildman–Crippen LogP) is 0.911. The van der Waals surface area contributed by atoms with Crippen LogP contribution < -0.4 is 16.0 Å². The maximum absolute atomic E-state index is 11.9. The van der Waals surface area contributed by atoms with Gasteiger partial charge < -0.3 is 16.0 Å². The lowest BCUT2D eigenvalue weighted by atomic mass is 10.00. The van der Waals surface area contributed by atoms with Crippen molar-refractivity contribution in [1.29, 1.82) is 0 Å². The lowest BCUT2D eigenvalue weighted by molar-refractivity contribution is -0.116. The van der Waals surface area contributed by atoms with Gasteiger partial charge in [0.05, 0.1) is 0 Å². The highest BCUT2D eigenvalue weighted by Crippen LogP contribution is 2.23. The molecule has 1 heterocycles. The monoisotopic (exact) mass is 261 g/mol. The molecular weight excluding hydrogens is 242 g/mol. The van der Waals surface area contributed by atoms with Gasteiger partial charge in [-0.05, 0) is 36.7 Å². The second kappa shape index (κ2) is 6.33. The number of carbonyl (C=O) groups excluding carboxylic acids is 2. The molecule has 0 bridgehead atoms. The smallest absolute Gasteiger partial charge is 0.251 e. The lowest BCUT2D eigenvalue weighted by Gasteiger charge is -2.17. The highest BCUT2D eigenvalue weighted by molar-refractivity contribution is 5.97. The fraction of sp³-hybridized carbons (Fsp3) is 0.429. The Hall–Kier alpha value is -1.88. The van der Waals surface area contributed by atoms with Crippen LogP contribution >= 0.6 is 0 Å². The molecular formula is C14H19N3O2. The van der Waals surface area contributed by atoms with Crippen LogP contribution in [0.4, 0.5) is 5.69 Å². The summed E-state index contributed by atoms with van der Waals surface area (Å²) in [6, 6.07) is 5.40. The first kappa shape index (κ1) is 13.5. The normalized spacial score (nSPS) is 13.6. The Morgan fingerprint density at radius 2 is 2.16 bits per heavy atom. The van der Waals surface area contributed by atoms with Crippen LogP contribution in [0.5, 0.6) is 0 Å². The molecule has 5 nitrogen and oxygen atoms in total. The minimum absolute atomic E-state index is 0.0374. The van der Waals surface area contributed by atoms with Crippen molar-refractivity contribution in [3.8, 4) is 0 Å². The Bertz CT molecular complexity index is 486. The number of likely N-dealkylation sites (N-methyl/N-ethyl adjacent to an activating group) is 1. The summed E-state index contributed by atoms with van der Waals surface area (Å²) in [5.41, 5.74) is 2.49. The number of amides is 2. The largest absolute Gasteiger partial charge is 0.351 e. The molecule has 1 aliphatic heterocycles. The Morgan fingerprint density at radius 1 is 1.32 bits per heavy atom. The number of aryl methyl sites for hydroxylation is 1. The number of hydrogen-bond acceptors (Lipinski definition) is 3. The van der Waals surface area contributed by atoms with Crippen molar-refractivity contribution < 1.29 is 9.59 Å². The van der Waals surface area contributed by atoms with E-state index in [1.165, 1.54) is 0 Å². The van der Waals surface area contributed by atoms with Gasteiger partial charge in [-0.3, -0.25) is 9.59 Å². The summed E-state index contributed by atoms with van der Waals surface area (Å²) >= 11 is 0. The molecule has 2 amide bonds. The fourth-order valence-electron chi connectivity index (χ4n) is 2.07. The number of fused-ring (bicyclic) bond motifs is 1. The number of nitrogens with one attached hydrogen (secondary N) is 3. The van der Waals surface area contributed by atoms with E-state index in [-0.39, 0.29) is 11.8 Å². The van der Waals surface area contributed by atoms with Crippen LogP contribution in [0.25, 0.3) is 0 Å². The molecule has 1 aromatic carbocycles. The highest BCUT2D eigenvalue weighted by Gasteiger charge is 2.16. The van der Waals surface area contributed by atoms with Gasteiger partial charge in [0.2, 0.25) is 5.91 Å². The van der Waals surface area contributed by atoms with Gasteiger partial charge in [-0.1, -0.05) is 6.92 Å². The minimum atomic E-state index is -0.0717. The summed E-state index contributed by atoms with van der Waals surface area (Å²) in [5.74, 6) is -0.0343. The van der Waals surface area contributed by atoms with E-state index in [4.69, 9.17) is 0 Å². The van der Waals surface area contributed by atoms with Gasteiger partial charge in [-0.15, -0.1) is 0 Å². The molecule has 0 aliphatic carbocycles. The third kappa shape index (κ3) is 3.54. The van der Waals surface area contributed by atoms with Gasteiger partial charge in [0.25, 0.3) is 5.91 Å². The zero-order valence-electron chi connectivity index (χ0n) is 11.1. The molecule has 1 aliphatic rings. The molecule has 102 valence electrons. The number of hydrogen-bond donors (Lipinski definition) is 3. The van der Waals surface area contributed by atoms with Crippen LogP contribution in [0.2, 0.25) is 0 Å². The topological polar surface area (TPSA) is 70.2 Å². The first-order chi connectivity index (χ1) is 9.20. The molecule has 5 heteroatoms. The van der Waals surface area contributed by atoms with Gasteiger partial charge in [-0.2, -0.15) is 0 Å². The van der Waals surface area contributed by atoms with Gasteiger partial charge in [-0.25, -0.2) is 0 Å². The van der Waals surface area contributed by atoms with Crippen LogP contribution in [0.3, 0.4) is 0 Å². The molecule has 0 fully saturated rings. The van der Waals surface area contributed by atoms with Gasteiger partial charge >= 0.3 is 0 Å². The molecule has 0 atom stereocenters. The summed E-state index contributed by atoms with van der Waals surface area (Å²) in [6.45, 7) is 4.30. The van der Waals surface area contributed by atoms with Crippen molar-refractivity contribution in [1.82, 2.24) is 10.6 Å². The number of benzene rings is 1. The Balaban J connectivity index is 1.97. The van der Waals surface area contributed by atoms with Crippen molar-refractivity contribution in [2.75, 3.05) is 25.0 Å². The lowest BCUT2D eigenvalue weighted by Crippen LogP contribution is -2.31. The van der Waals surface area contributed by atoms with E-state index in [0.29, 0.717) is 24.9 Å². The van der Waals surface area contributed by atoms with Crippen LogP contribution in [-0.4, -0.2) is 31.4 Å².